The van der Waals surface area contributed by atoms with E-state index >= 15 is 0 Å². The molecule has 1 amide bonds. The summed E-state index contributed by atoms with van der Waals surface area (Å²) in [6.07, 6.45) is -2.51. The van der Waals surface area contributed by atoms with E-state index in [0.717, 1.165) is 0 Å². The van der Waals surface area contributed by atoms with Crippen LogP contribution in [0.4, 0.5) is 14.6 Å². The van der Waals surface area contributed by atoms with Crippen molar-refractivity contribution in [2.45, 2.75) is 13.3 Å². The highest BCUT2D eigenvalue weighted by Gasteiger charge is 2.09. The van der Waals surface area contributed by atoms with E-state index in [1.807, 2.05) is 6.92 Å². The fraction of sp³-hybridized carbons (Fsp3) is 0.500. The molecule has 0 atom stereocenters. The third kappa shape index (κ3) is 6.12. The molecule has 0 saturated heterocycles. The standard InChI is InChI=1S/C12H16ClF2N3O2/c1-2-16-11-6-8(5-9(13)18-11)12(19)17-3-4-20-7-10(14)15/h5-6,10H,2-4,7H2,1H3,(H,16,18)(H,17,19). The van der Waals surface area contributed by atoms with E-state index in [9.17, 15) is 13.6 Å². The summed E-state index contributed by atoms with van der Waals surface area (Å²) in [7, 11) is 0. The number of alkyl halides is 2. The molecule has 5 nitrogen and oxygen atoms in total. The fourth-order valence-corrected chi connectivity index (χ4v) is 1.62. The Kier molecular flexibility index (Phi) is 7.17. The van der Waals surface area contributed by atoms with Gasteiger partial charge in [-0.2, -0.15) is 0 Å². The molecule has 0 bridgehead atoms. The number of carbonyl (C=O) groups is 1. The Morgan fingerprint density at radius 2 is 2.25 bits per heavy atom. The van der Waals surface area contributed by atoms with Gasteiger partial charge in [0.1, 0.15) is 17.6 Å². The average Bonchev–Trinajstić information content (AvgIpc) is 2.37. The van der Waals surface area contributed by atoms with Crippen LogP contribution in [0.2, 0.25) is 5.15 Å². The summed E-state index contributed by atoms with van der Waals surface area (Å²) < 4.78 is 28.3. The minimum atomic E-state index is -2.51. The summed E-state index contributed by atoms with van der Waals surface area (Å²) in [5, 5.41) is 5.69. The Labute approximate surface area is 120 Å². The predicted octanol–water partition coefficient (Wildman–Crippen LogP) is 2.18. The molecule has 0 aliphatic carbocycles. The first-order chi connectivity index (χ1) is 9.52. The van der Waals surface area contributed by atoms with Gasteiger partial charge in [0.05, 0.1) is 6.61 Å². The number of carbonyl (C=O) groups excluding carboxylic acids is 1. The normalized spacial score (nSPS) is 10.7. The molecule has 1 rings (SSSR count). The monoisotopic (exact) mass is 307 g/mol. The quantitative estimate of drug-likeness (QED) is 0.571. The molecule has 0 fully saturated rings. The van der Waals surface area contributed by atoms with E-state index in [4.69, 9.17) is 11.6 Å². The van der Waals surface area contributed by atoms with Crippen molar-refractivity contribution in [2.75, 3.05) is 31.6 Å². The SMILES string of the molecule is CCNc1cc(C(=O)NCCOCC(F)F)cc(Cl)n1. The Bertz CT molecular complexity index is 447. The number of anilines is 1. The molecule has 0 aliphatic rings. The molecule has 8 heteroatoms. The molecule has 0 spiro atoms. The van der Waals surface area contributed by atoms with Gasteiger partial charge in [-0.05, 0) is 19.1 Å². The molecule has 1 aromatic rings. The molecule has 112 valence electrons. The van der Waals surface area contributed by atoms with Gasteiger partial charge in [0, 0.05) is 18.7 Å². The van der Waals surface area contributed by atoms with Crippen LogP contribution >= 0.6 is 11.6 Å². The highest BCUT2D eigenvalue weighted by atomic mass is 35.5. The molecular formula is C12H16ClF2N3O2. The molecule has 0 saturated carbocycles. The van der Waals surface area contributed by atoms with E-state index in [2.05, 4.69) is 20.4 Å². The van der Waals surface area contributed by atoms with E-state index in [1.165, 1.54) is 6.07 Å². The Balaban J connectivity index is 2.46. The summed E-state index contributed by atoms with van der Waals surface area (Å²) in [5.41, 5.74) is 0.342. The number of ether oxygens (including phenoxy) is 1. The van der Waals surface area contributed by atoms with Crippen molar-refractivity contribution in [1.29, 1.82) is 0 Å². The number of pyridine rings is 1. The number of aromatic nitrogens is 1. The first-order valence-corrected chi connectivity index (χ1v) is 6.46. The van der Waals surface area contributed by atoms with E-state index in [1.54, 1.807) is 6.07 Å². The molecule has 1 heterocycles. The van der Waals surface area contributed by atoms with Crippen LogP contribution in [0.25, 0.3) is 0 Å². The van der Waals surface area contributed by atoms with Crippen LogP contribution in [0.3, 0.4) is 0 Å². The van der Waals surface area contributed by atoms with Gasteiger partial charge in [0.25, 0.3) is 12.3 Å². The topological polar surface area (TPSA) is 63.2 Å². The highest BCUT2D eigenvalue weighted by Crippen LogP contribution is 2.14. The first-order valence-electron chi connectivity index (χ1n) is 6.08. The smallest absolute Gasteiger partial charge is 0.261 e. The zero-order chi connectivity index (χ0) is 15.0. The van der Waals surface area contributed by atoms with E-state index < -0.39 is 13.0 Å². The van der Waals surface area contributed by atoms with E-state index in [-0.39, 0.29) is 24.2 Å². The van der Waals surface area contributed by atoms with Gasteiger partial charge >= 0.3 is 0 Å². The molecule has 1 aromatic heterocycles. The van der Waals surface area contributed by atoms with Crippen molar-refractivity contribution in [3.8, 4) is 0 Å². The highest BCUT2D eigenvalue weighted by molar-refractivity contribution is 6.29. The van der Waals surface area contributed by atoms with Crippen LogP contribution in [0.1, 0.15) is 17.3 Å². The van der Waals surface area contributed by atoms with Gasteiger partial charge in [-0.1, -0.05) is 11.6 Å². The van der Waals surface area contributed by atoms with Crippen molar-refractivity contribution in [1.82, 2.24) is 10.3 Å². The lowest BCUT2D eigenvalue weighted by Gasteiger charge is -2.08. The maximum atomic E-state index is 11.8. The third-order valence-electron chi connectivity index (χ3n) is 2.19. The number of nitrogens with one attached hydrogen (secondary N) is 2. The van der Waals surface area contributed by atoms with Crippen molar-refractivity contribution < 1.29 is 18.3 Å². The largest absolute Gasteiger partial charge is 0.374 e. The first kappa shape index (κ1) is 16.6. The minimum absolute atomic E-state index is 0.0228. The second-order valence-corrected chi connectivity index (χ2v) is 4.20. The number of rotatable bonds is 8. The Hall–Kier alpha value is -1.47. The lowest BCUT2D eigenvalue weighted by molar-refractivity contribution is 0.0188. The fourth-order valence-electron chi connectivity index (χ4n) is 1.41. The lowest BCUT2D eigenvalue weighted by Crippen LogP contribution is -2.28. The van der Waals surface area contributed by atoms with Crippen LogP contribution in [0.15, 0.2) is 12.1 Å². The molecular weight excluding hydrogens is 292 g/mol. The Morgan fingerprint density at radius 3 is 2.90 bits per heavy atom. The van der Waals surface area contributed by atoms with Gasteiger partial charge < -0.3 is 15.4 Å². The zero-order valence-corrected chi connectivity index (χ0v) is 11.7. The van der Waals surface area contributed by atoms with Gasteiger partial charge in [-0.25, -0.2) is 13.8 Å². The van der Waals surface area contributed by atoms with Gasteiger partial charge in [-0.3, -0.25) is 4.79 Å². The number of nitrogens with zero attached hydrogens (tertiary/aromatic N) is 1. The van der Waals surface area contributed by atoms with Crippen LogP contribution < -0.4 is 10.6 Å². The molecule has 0 aromatic carbocycles. The van der Waals surface area contributed by atoms with Crippen LogP contribution in [0.5, 0.6) is 0 Å². The van der Waals surface area contributed by atoms with Crippen molar-refractivity contribution in [3.63, 3.8) is 0 Å². The van der Waals surface area contributed by atoms with Crippen LogP contribution in [0, 0.1) is 0 Å². The number of hydrogen-bond acceptors (Lipinski definition) is 4. The molecule has 20 heavy (non-hydrogen) atoms. The van der Waals surface area contributed by atoms with Crippen LogP contribution in [-0.4, -0.2) is 43.6 Å². The number of amides is 1. The van der Waals surface area contributed by atoms with Crippen molar-refractivity contribution >= 4 is 23.3 Å². The number of halogens is 3. The summed E-state index contributed by atoms with van der Waals surface area (Å²) in [5.74, 6) is 0.133. The van der Waals surface area contributed by atoms with Gasteiger partial charge in [0.15, 0.2) is 0 Å². The van der Waals surface area contributed by atoms with Gasteiger partial charge in [0.2, 0.25) is 0 Å². The zero-order valence-electron chi connectivity index (χ0n) is 11.0. The third-order valence-corrected chi connectivity index (χ3v) is 2.38. The maximum absolute atomic E-state index is 11.8. The van der Waals surface area contributed by atoms with Crippen molar-refractivity contribution in [2.24, 2.45) is 0 Å². The maximum Gasteiger partial charge on any atom is 0.261 e. The predicted molar refractivity (Wildman–Crippen MR) is 72.6 cm³/mol. The second kappa shape index (κ2) is 8.65. The summed E-state index contributed by atoms with van der Waals surface area (Å²) in [6.45, 7) is 2.07. The molecule has 0 radical (unpaired) electrons. The number of hydrogen-bond donors (Lipinski definition) is 2. The van der Waals surface area contributed by atoms with Crippen molar-refractivity contribution in [3.05, 3.63) is 22.8 Å². The van der Waals surface area contributed by atoms with E-state index in [0.29, 0.717) is 17.9 Å². The molecule has 0 unspecified atom stereocenters. The minimum Gasteiger partial charge on any atom is -0.374 e. The van der Waals surface area contributed by atoms with Gasteiger partial charge in [-0.15, -0.1) is 0 Å². The molecule has 0 aliphatic heterocycles. The Morgan fingerprint density at radius 1 is 1.50 bits per heavy atom. The second-order valence-electron chi connectivity index (χ2n) is 3.82. The lowest BCUT2D eigenvalue weighted by atomic mass is 10.2. The summed E-state index contributed by atoms with van der Waals surface area (Å²) in [4.78, 5) is 15.8. The summed E-state index contributed by atoms with van der Waals surface area (Å²) >= 11 is 5.81. The van der Waals surface area contributed by atoms with Crippen LogP contribution in [-0.2, 0) is 4.74 Å². The molecule has 2 N–H and O–H groups in total. The summed E-state index contributed by atoms with van der Waals surface area (Å²) in [6, 6.07) is 2.99. The average molecular weight is 308 g/mol.